The maximum absolute atomic E-state index is 4.98. The van der Waals surface area contributed by atoms with Crippen molar-refractivity contribution in [2.75, 3.05) is 0 Å². The number of para-hydroxylation sites is 3. The van der Waals surface area contributed by atoms with E-state index in [1.807, 2.05) is 54.7 Å². The van der Waals surface area contributed by atoms with E-state index in [4.69, 9.17) is 15.0 Å². The summed E-state index contributed by atoms with van der Waals surface area (Å²) in [6, 6.07) is 74.5. The molecule has 0 aliphatic rings. The first-order chi connectivity index (χ1) is 31.2. The van der Waals surface area contributed by atoms with Crippen molar-refractivity contribution in [2.24, 2.45) is 15.0 Å². The van der Waals surface area contributed by atoms with Crippen LogP contribution in [0.2, 0.25) is 0 Å². The molecule has 11 aromatic rings. The minimum Gasteiger partial charge on any atom is -0.309 e. The standard InChI is InChI=1S/C57H40N6/c1-58-57(61-56(41-18-7-3-8-19-41)60-38-39-16-5-2-6-17-39)50-36-43(34-35-59-50)46-24-15-27-53-55(46)49-23-12-14-26-52(49)62(53)45-31-28-40(29-32-45)42-30-33-48-47-22-11-13-25-51(47)63(54(48)37-42)44-20-9-4-10-21-44/h2-37H,1,38H2/b60-56-,61-57-. The Morgan fingerprint density at radius 2 is 1.06 bits per heavy atom. The number of hydrogen-bond acceptors (Lipinski definition) is 2. The van der Waals surface area contributed by atoms with Gasteiger partial charge in [-0.2, -0.15) is 0 Å². The van der Waals surface area contributed by atoms with Gasteiger partial charge in [-0.3, -0.25) is 9.98 Å². The van der Waals surface area contributed by atoms with E-state index in [9.17, 15) is 0 Å². The van der Waals surface area contributed by atoms with Gasteiger partial charge >= 0.3 is 0 Å². The van der Waals surface area contributed by atoms with Crippen LogP contribution in [0.15, 0.2) is 233 Å². The van der Waals surface area contributed by atoms with Gasteiger partial charge in [-0.1, -0.05) is 152 Å². The van der Waals surface area contributed by atoms with Crippen molar-refractivity contribution in [2.45, 2.75) is 6.54 Å². The lowest BCUT2D eigenvalue weighted by molar-refractivity contribution is 1.06. The van der Waals surface area contributed by atoms with Gasteiger partial charge in [0, 0.05) is 44.7 Å². The Hall–Kier alpha value is -8.48. The van der Waals surface area contributed by atoms with Crippen molar-refractivity contribution in [3.8, 4) is 33.6 Å². The highest BCUT2D eigenvalue weighted by Gasteiger charge is 2.18. The van der Waals surface area contributed by atoms with E-state index in [-0.39, 0.29) is 0 Å². The molecule has 0 aliphatic carbocycles. The van der Waals surface area contributed by atoms with E-state index >= 15 is 0 Å². The Labute approximate surface area is 365 Å². The van der Waals surface area contributed by atoms with Crippen LogP contribution in [0.4, 0.5) is 0 Å². The molecular weight excluding hydrogens is 769 g/mol. The van der Waals surface area contributed by atoms with E-state index in [0.717, 1.165) is 55.6 Å². The molecule has 3 heterocycles. The zero-order valence-electron chi connectivity index (χ0n) is 34.4. The SMILES string of the molecule is C=N/C(=N\C(=N/Cc1ccccc1)c1ccccc1)c1cc(-c2cccc3c2c2ccccc2n3-c2ccc(-c3ccc4c5ccccc5n(-c5ccccc5)c4c3)cc2)ccn1. The van der Waals surface area contributed by atoms with Gasteiger partial charge in [-0.15, -0.1) is 0 Å². The summed E-state index contributed by atoms with van der Waals surface area (Å²) in [7, 11) is 0. The first kappa shape index (κ1) is 37.5. The molecule has 0 bridgehead atoms. The van der Waals surface area contributed by atoms with Gasteiger partial charge in [0.1, 0.15) is 5.69 Å². The van der Waals surface area contributed by atoms with Crippen molar-refractivity contribution >= 4 is 62.0 Å². The van der Waals surface area contributed by atoms with Crippen LogP contribution in [-0.2, 0) is 6.54 Å². The number of aromatic nitrogens is 3. The molecule has 11 rings (SSSR count). The zero-order chi connectivity index (χ0) is 42.1. The number of aliphatic imine (C=N–C) groups is 3. The van der Waals surface area contributed by atoms with E-state index in [1.165, 1.54) is 32.8 Å². The van der Waals surface area contributed by atoms with Crippen LogP contribution >= 0.6 is 0 Å². The molecule has 0 spiro atoms. The number of nitrogens with zero attached hydrogens (tertiary/aromatic N) is 6. The Morgan fingerprint density at radius 3 is 1.83 bits per heavy atom. The van der Waals surface area contributed by atoms with E-state index in [1.54, 1.807) is 0 Å². The molecule has 0 amide bonds. The second-order valence-corrected chi connectivity index (χ2v) is 15.5. The second kappa shape index (κ2) is 16.2. The summed E-state index contributed by atoms with van der Waals surface area (Å²) >= 11 is 0. The minimum absolute atomic E-state index is 0.405. The van der Waals surface area contributed by atoms with Gasteiger partial charge in [0.05, 0.1) is 28.6 Å². The Kier molecular flexibility index (Phi) is 9.63. The number of pyridine rings is 1. The Morgan fingerprint density at radius 1 is 0.460 bits per heavy atom. The predicted molar refractivity (Wildman–Crippen MR) is 263 cm³/mol. The molecule has 8 aromatic carbocycles. The largest absolute Gasteiger partial charge is 0.309 e. The monoisotopic (exact) mass is 808 g/mol. The molecule has 0 N–H and O–H groups in total. The van der Waals surface area contributed by atoms with E-state index < -0.39 is 0 Å². The van der Waals surface area contributed by atoms with E-state index in [0.29, 0.717) is 23.9 Å². The van der Waals surface area contributed by atoms with Crippen LogP contribution in [0.5, 0.6) is 0 Å². The van der Waals surface area contributed by atoms with Crippen molar-refractivity contribution in [3.05, 3.63) is 235 Å². The zero-order valence-corrected chi connectivity index (χ0v) is 34.4. The van der Waals surface area contributed by atoms with Gasteiger partial charge in [0.15, 0.2) is 11.7 Å². The third-order valence-corrected chi connectivity index (χ3v) is 11.8. The minimum atomic E-state index is 0.405. The molecular formula is C57H40N6. The van der Waals surface area contributed by atoms with Crippen molar-refractivity contribution in [1.29, 1.82) is 0 Å². The number of hydrogen-bond donors (Lipinski definition) is 0. The van der Waals surface area contributed by atoms with Gasteiger partial charge in [-0.05, 0) is 95.2 Å². The summed E-state index contributed by atoms with van der Waals surface area (Å²) in [4.78, 5) is 19.1. The molecule has 6 nitrogen and oxygen atoms in total. The summed E-state index contributed by atoms with van der Waals surface area (Å²) in [6.07, 6.45) is 1.82. The molecule has 0 saturated heterocycles. The maximum Gasteiger partial charge on any atom is 0.179 e. The van der Waals surface area contributed by atoms with Crippen LogP contribution in [0.3, 0.4) is 0 Å². The van der Waals surface area contributed by atoms with Crippen LogP contribution in [-0.4, -0.2) is 32.5 Å². The number of benzene rings is 8. The molecule has 63 heavy (non-hydrogen) atoms. The lowest BCUT2D eigenvalue weighted by atomic mass is 9.99. The lowest BCUT2D eigenvalue weighted by Gasteiger charge is -2.11. The molecule has 0 saturated carbocycles. The normalized spacial score (nSPS) is 12.1. The highest BCUT2D eigenvalue weighted by Crippen LogP contribution is 2.40. The maximum atomic E-state index is 4.98. The number of fused-ring (bicyclic) bond motifs is 6. The van der Waals surface area contributed by atoms with Gasteiger partial charge < -0.3 is 9.13 Å². The topological polar surface area (TPSA) is 59.8 Å². The molecule has 0 unspecified atom stereocenters. The summed E-state index contributed by atoms with van der Waals surface area (Å²) in [5.74, 6) is 0.976. The molecule has 0 aliphatic heterocycles. The van der Waals surface area contributed by atoms with Crippen LogP contribution in [0.25, 0.3) is 77.2 Å². The quantitative estimate of drug-likeness (QED) is 0.111. The fraction of sp³-hybridized carbons (Fsp3) is 0.0175. The summed E-state index contributed by atoms with van der Waals surface area (Å²) in [6.45, 7) is 4.40. The highest BCUT2D eigenvalue weighted by molar-refractivity contribution is 6.17. The van der Waals surface area contributed by atoms with Crippen LogP contribution in [0, 0.1) is 0 Å². The lowest BCUT2D eigenvalue weighted by Crippen LogP contribution is -2.07. The Bertz CT molecular complexity index is 3530. The van der Waals surface area contributed by atoms with Crippen molar-refractivity contribution < 1.29 is 0 Å². The first-order valence-electron chi connectivity index (χ1n) is 21.1. The summed E-state index contributed by atoms with van der Waals surface area (Å²) < 4.78 is 4.74. The average molecular weight is 809 g/mol. The fourth-order valence-electron chi connectivity index (χ4n) is 8.87. The molecule has 3 aromatic heterocycles. The smallest absolute Gasteiger partial charge is 0.179 e. The first-order valence-corrected chi connectivity index (χ1v) is 21.1. The highest BCUT2D eigenvalue weighted by atomic mass is 15.0. The average Bonchev–Trinajstić information content (AvgIpc) is 3.88. The van der Waals surface area contributed by atoms with Crippen LogP contribution < -0.4 is 0 Å². The summed E-state index contributed by atoms with van der Waals surface area (Å²) in [5.41, 5.74) is 13.9. The van der Waals surface area contributed by atoms with Crippen molar-refractivity contribution in [1.82, 2.24) is 14.1 Å². The van der Waals surface area contributed by atoms with Gasteiger partial charge in [0.2, 0.25) is 0 Å². The Balaban J connectivity index is 0.978. The molecule has 0 radical (unpaired) electrons. The van der Waals surface area contributed by atoms with E-state index in [2.05, 4.69) is 185 Å². The van der Waals surface area contributed by atoms with Crippen LogP contribution in [0.1, 0.15) is 16.8 Å². The molecule has 6 heteroatoms. The molecule has 298 valence electrons. The summed E-state index contributed by atoms with van der Waals surface area (Å²) in [5, 5.41) is 4.82. The predicted octanol–water partition coefficient (Wildman–Crippen LogP) is 13.7. The second-order valence-electron chi connectivity index (χ2n) is 15.5. The van der Waals surface area contributed by atoms with Gasteiger partial charge in [0.25, 0.3) is 0 Å². The fourth-order valence-corrected chi connectivity index (χ4v) is 8.87. The van der Waals surface area contributed by atoms with Crippen molar-refractivity contribution in [3.63, 3.8) is 0 Å². The third kappa shape index (κ3) is 6.90. The molecule has 0 atom stereocenters. The number of rotatable bonds is 8. The third-order valence-electron chi connectivity index (χ3n) is 11.8. The molecule has 0 fully saturated rings. The number of amidine groups is 2. The van der Waals surface area contributed by atoms with Gasteiger partial charge in [-0.25, -0.2) is 9.98 Å².